The molecule has 4 rings (SSSR count). The summed E-state index contributed by atoms with van der Waals surface area (Å²) in [6, 6.07) is 17.0. The third-order valence-corrected chi connectivity index (χ3v) is 5.51. The number of imidazole rings is 1. The van der Waals surface area contributed by atoms with Gasteiger partial charge in [-0.25, -0.2) is 4.98 Å². The molecule has 2 aromatic carbocycles. The number of rotatable bonds is 7. The van der Waals surface area contributed by atoms with Gasteiger partial charge in [0, 0.05) is 63.6 Å². The molecule has 1 aliphatic rings. The molecule has 0 unspecified atom stereocenters. The van der Waals surface area contributed by atoms with Gasteiger partial charge in [-0.3, -0.25) is 9.69 Å². The first-order valence-electron chi connectivity index (χ1n) is 10.6. The molecule has 0 bridgehead atoms. The van der Waals surface area contributed by atoms with Crippen LogP contribution in [-0.4, -0.2) is 58.0 Å². The Morgan fingerprint density at radius 3 is 2.33 bits per heavy atom. The normalized spacial score (nSPS) is 14.6. The van der Waals surface area contributed by atoms with Crippen LogP contribution in [0.4, 0.5) is 0 Å². The molecule has 1 aromatic heterocycles. The molecule has 0 N–H and O–H groups in total. The van der Waals surface area contributed by atoms with E-state index in [1.807, 2.05) is 71.9 Å². The number of aryl methyl sites for hydroxylation is 1. The first-order valence-corrected chi connectivity index (χ1v) is 10.6. The number of hydrogen-bond donors (Lipinski definition) is 0. The Balaban J connectivity index is 1.26. The highest BCUT2D eigenvalue weighted by molar-refractivity contribution is 5.94. The maximum absolute atomic E-state index is 12.9. The van der Waals surface area contributed by atoms with Crippen LogP contribution in [-0.2, 0) is 13.0 Å². The molecule has 0 radical (unpaired) electrons. The van der Waals surface area contributed by atoms with E-state index in [-0.39, 0.29) is 5.91 Å². The second-order valence-corrected chi connectivity index (χ2v) is 7.46. The number of para-hydroxylation sites is 1. The molecule has 30 heavy (non-hydrogen) atoms. The summed E-state index contributed by atoms with van der Waals surface area (Å²) in [5.74, 6) is 2.73. The average Bonchev–Trinajstić information content (AvgIpc) is 3.26. The molecular weight excluding hydrogens is 376 g/mol. The van der Waals surface area contributed by atoms with Crippen molar-refractivity contribution in [3.05, 3.63) is 78.4 Å². The van der Waals surface area contributed by atoms with Crippen LogP contribution in [0.1, 0.15) is 23.1 Å². The molecule has 3 aromatic rings. The van der Waals surface area contributed by atoms with E-state index in [0.717, 1.165) is 63.0 Å². The van der Waals surface area contributed by atoms with E-state index < -0.39 is 0 Å². The SMILES string of the molecule is CCc1nccn1CCN1CCN(C(=O)c2ccc(Oc3ccccc3)cc2)CC1. The highest BCUT2D eigenvalue weighted by Gasteiger charge is 2.22. The van der Waals surface area contributed by atoms with Gasteiger partial charge in [-0.2, -0.15) is 0 Å². The van der Waals surface area contributed by atoms with Crippen LogP contribution >= 0.6 is 0 Å². The standard InChI is InChI=1S/C24H28N4O2/c1-2-23-25-12-13-27(23)17-14-26-15-18-28(19-16-26)24(29)20-8-10-22(11-9-20)30-21-6-4-3-5-7-21/h3-13H,2,14-19H2,1H3. The molecule has 1 aliphatic heterocycles. The molecule has 1 amide bonds. The van der Waals surface area contributed by atoms with Crippen LogP contribution in [0.5, 0.6) is 11.5 Å². The van der Waals surface area contributed by atoms with Crippen LogP contribution in [0.15, 0.2) is 67.0 Å². The predicted molar refractivity (Wildman–Crippen MR) is 117 cm³/mol. The number of carbonyl (C=O) groups is 1. The number of amides is 1. The van der Waals surface area contributed by atoms with E-state index in [2.05, 4.69) is 21.4 Å². The summed E-state index contributed by atoms with van der Waals surface area (Å²) in [5, 5.41) is 0. The summed E-state index contributed by atoms with van der Waals surface area (Å²) in [6.07, 6.45) is 4.86. The molecule has 156 valence electrons. The largest absolute Gasteiger partial charge is 0.457 e. The fourth-order valence-electron chi connectivity index (χ4n) is 3.75. The van der Waals surface area contributed by atoms with E-state index in [4.69, 9.17) is 4.74 Å². The zero-order valence-corrected chi connectivity index (χ0v) is 17.4. The van der Waals surface area contributed by atoms with Crippen LogP contribution in [0.25, 0.3) is 0 Å². The van der Waals surface area contributed by atoms with Crippen molar-refractivity contribution in [1.29, 1.82) is 0 Å². The van der Waals surface area contributed by atoms with E-state index in [9.17, 15) is 4.79 Å². The number of carbonyl (C=O) groups excluding carboxylic acids is 1. The van der Waals surface area contributed by atoms with Crippen molar-refractivity contribution in [2.45, 2.75) is 19.9 Å². The van der Waals surface area contributed by atoms with Gasteiger partial charge >= 0.3 is 0 Å². The maximum Gasteiger partial charge on any atom is 0.253 e. The van der Waals surface area contributed by atoms with Crippen LogP contribution in [0.2, 0.25) is 0 Å². The number of nitrogens with zero attached hydrogens (tertiary/aromatic N) is 4. The fraction of sp³-hybridized carbons (Fsp3) is 0.333. The minimum atomic E-state index is 0.0868. The summed E-state index contributed by atoms with van der Waals surface area (Å²) in [6.45, 7) is 7.37. The molecule has 1 fully saturated rings. The average molecular weight is 405 g/mol. The highest BCUT2D eigenvalue weighted by Crippen LogP contribution is 2.21. The molecule has 0 aliphatic carbocycles. The Morgan fingerprint density at radius 2 is 1.63 bits per heavy atom. The van der Waals surface area contributed by atoms with Crippen molar-refractivity contribution in [2.24, 2.45) is 0 Å². The van der Waals surface area contributed by atoms with Crippen molar-refractivity contribution in [3.8, 4) is 11.5 Å². The van der Waals surface area contributed by atoms with Crippen molar-refractivity contribution < 1.29 is 9.53 Å². The van der Waals surface area contributed by atoms with E-state index in [0.29, 0.717) is 5.56 Å². The summed E-state index contributed by atoms with van der Waals surface area (Å²) >= 11 is 0. The highest BCUT2D eigenvalue weighted by atomic mass is 16.5. The molecule has 0 spiro atoms. The van der Waals surface area contributed by atoms with E-state index >= 15 is 0 Å². The number of aromatic nitrogens is 2. The Kier molecular flexibility index (Phi) is 6.44. The van der Waals surface area contributed by atoms with Gasteiger partial charge in [0.25, 0.3) is 5.91 Å². The van der Waals surface area contributed by atoms with Crippen LogP contribution < -0.4 is 4.74 Å². The zero-order valence-electron chi connectivity index (χ0n) is 17.4. The molecule has 0 saturated carbocycles. The van der Waals surface area contributed by atoms with Crippen molar-refractivity contribution in [1.82, 2.24) is 19.4 Å². The van der Waals surface area contributed by atoms with Gasteiger partial charge in [0.15, 0.2) is 0 Å². The number of piperazine rings is 1. The fourth-order valence-corrected chi connectivity index (χ4v) is 3.75. The lowest BCUT2D eigenvalue weighted by atomic mass is 10.1. The summed E-state index contributed by atoms with van der Waals surface area (Å²) < 4.78 is 8.03. The van der Waals surface area contributed by atoms with Gasteiger partial charge in [-0.1, -0.05) is 25.1 Å². The Hall–Kier alpha value is -3.12. The Labute approximate surface area is 177 Å². The Bertz CT molecular complexity index is 945. The van der Waals surface area contributed by atoms with Gasteiger partial charge in [-0.15, -0.1) is 0 Å². The lowest BCUT2D eigenvalue weighted by Gasteiger charge is -2.35. The molecule has 1 saturated heterocycles. The molecular formula is C24H28N4O2. The van der Waals surface area contributed by atoms with Gasteiger partial charge in [-0.05, 0) is 36.4 Å². The van der Waals surface area contributed by atoms with Crippen LogP contribution in [0, 0.1) is 0 Å². The van der Waals surface area contributed by atoms with Crippen molar-refractivity contribution >= 4 is 5.91 Å². The summed E-state index contributed by atoms with van der Waals surface area (Å²) in [4.78, 5) is 21.6. The van der Waals surface area contributed by atoms with Gasteiger partial charge < -0.3 is 14.2 Å². The molecule has 0 atom stereocenters. The van der Waals surface area contributed by atoms with Crippen LogP contribution in [0.3, 0.4) is 0 Å². The monoisotopic (exact) mass is 404 g/mol. The smallest absolute Gasteiger partial charge is 0.253 e. The number of hydrogen-bond acceptors (Lipinski definition) is 4. The molecule has 6 heteroatoms. The lowest BCUT2D eigenvalue weighted by Crippen LogP contribution is -2.49. The summed E-state index contributed by atoms with van der Waals surface area (Å²) in [5.41, 5.74) is 0.704. The second kappa shape index (κ2) is 9.59. The summed E-state index contributed by atoms with van der Waals surface area (Å²) in [7, 11) is 0. The first kappa shape index (κ1) is 20.2. The number of benzene rings is 2. The zero-order chi connectivity index (χ0) is 20.8. The minimum Gasteiger partial charge on any atom is -0.457 e. The lowest BCUT2D eigenvalue weighted by molar-refractivity contribution is 0.0633. The van der Waals surface area contributed by atoms with Gasteiger partial charge in [0.05, 0.1) is 0 Å². The topological polar surface area (TPSA) is 50.6 Å². The van der Waals surface area contributed by atoms with E-state index in [1.54, 1.807) is 0 Å². The number of ether oxygens (including phenoxy) is 1. The molecule has 2 heterocycles. The van der Waals surface area contributed by atoms with E-state index in [1.165, 1.54) is 0 Å². The van der Waals surface area contributed by atoms with Crippen molar-refractivity contribution in [2.75, 3.05) is 32.7 Å². The first-order chi connectivity index (χ1) is 14.7. The molecule has 6 nitrogen and oxygen atoms in total. The third-order valence-electron chi connectivity index (χ3n) is 5.51. The second-order valence-electron chi connectivity index (χ2n) is 7.46. The Morgan fingerprint density at radius 1 is 0.933 bits per heavy atom. The maximum atomic E-state index is 12.9. The quantitative estimate of drug-likeness (QED) is 0.603. The van der Waals surface area contributed by atoms with Gasteiger partial charge in [0.1, 0.15) is 17.3 Å². The third kappa shape index (κ3) is 4.89. The van der Waals surface area contributed by atoms with Crippen molar-refractivity contribution in [3.63, 3.8) is 0 Å². The predicted octanol–water partition coefficient (Wildman–Crippen LogP) is 3.70. The van der Waals surface area contributed by atoms with Gasteiger partial charge in [0.2, 0.25) is 0 Å². The minimum absolute atomic E-state index is 0.0868.